The normalized spacial score (nSPS) is 16.4. The van der Waals surface area contributed by atoms with Gasteiger partial charge in [-0.1, -0.05) is 6.92 Å². The fourth-order valence-electron chi connectivity index (χ4n) is 1.78. The van der Waals surface area contributed by atoms with Crippen molar-refractivity contribution in [1.29, 1.82) is 0 Å². The average molecular weight is 287 g/mol. The van der Waals surface area contributed by atoms with Gasteiger partial charge >= 0.3 is 5.97 Å². The minimum Gasteiger partial charge on any atom is -0.481 e. The second-order valence-electron chi connectivity index (χ2n) is 5.35. The van der Waals surface area contributed by atoms with E-state index in [2.05, 4.69) is 29.1 Å². The lowest BCUT2D eigenvalue weighted by Crippen LogP contribution is -2.44. The van der Waals surface area contributed by atoms with Crippen molar-refractivity contribution in [3.05, 3.63) is 0 Å². The summed E-state index contributed by atoms with van der Waals surface area (Å²) in [6.07, 6.45) is -0.0356. The number of likely N-dealkylation sites (N-methyl/N-ethyl adjacent to an activating group) is 2. The Morgan fingerprint density at radius 2 is 1.70 bits per heavy atom. The van der Waals surface area contributed by atoms with Crippen molar-refractivity contribution in [2.24, 2.45) is 0 Å². The average Bonchev–Trinajstić information content (AvgIpc) is 2.37. The van der Waals surface area contributed by atoms with Crippen LogP contribution in [0.3, 0.4) is 0 Å². The molecule has 0 saturated carbocycles. The molecule has 1 heterocycles. The van der Waals surface area contributed by atoms with E-state index >= 15 is 0 Å². The Balaban J connectivity index is 0.000000367. The molecule has 2 N–H and O–H groups in total. The zero-order chi connectivity index (χ0) is 15.5. The van der Waals surface area contributed by atoms with Crippen LogP contribution in [-0.2, 0) is 9.59 Å². The van der Waals surface area contributed by atoms with Crippen molar-refractivity contribution in [2.75, 3.05) is 39.8 Å². The third kappa shape index (κ3) is 10.8. The van der Waals surface area contributed by atoms with Gasteiger partial charge in [0.2, 0.25) is 5.91 Å². The Morgan fingerprint density at radius 3 is 2.10 bits per heavy atom. The van der Waals surface area contributed by atoms with E-state index < -0.39 is 5.97 Å². The summed E-state index contributed by atoms with van der Waals surface area (Å²) in [5.74, 6) is -1.15. The van der Waals surface area contributed by atoms with Gasteiger partial charge in [0.25, 0.3) is 0 Å². The maximum Gasteiger partial charge on any atom is 0.303 e. The van der Waals surface area contributed by atoms with Crippen LogP contribution in [0.15, 0.2) is 0 Å². The van der Waals surface area contributed by atoms with Crippen LogP contribution >= 0.6 is 0 Å². The van der Waals surface area contributed by atoms with Crippen molar-refractivity contribution >= 4 is 11.9 Å². The van der Waals surface area contributed by atoms with Crippen molar-refractivity contribution in [2.45, 2.75) is 39.7 Å². The highest BCUT2D eigenvalue weighted by atomic mass is 16.4. The molecule has 6 nitrogen and oxygen atoms in total. The van der Waals surface area contributed by atoms with Crippen LogP contribution in [-0.4, -0.2) is 72.6 Å². The smallest absolute Gasteiger partial charge is 0.303 e. The SMILES string of the molecule is CC(C)NC(=O)CCC(=O)O.CCN1CCN(C)CC1. The summed E-state index contributed by atoms with van der Waals surface area (Å²) in [7, 11) is 2.19. The summed E-state index contributed by atoms with van der Waals surface area (Å²) in [5.41, 5.74) is 0. The van der Waals surface area contributed by atoms with Crippen molar-refractivity contribution in [3.8, 4) is 0 Å². The maximum absolute atomic E-state index is 10.8. The molecule has 1 rings (SSSR count). The van der Waals surface area contributed by atoms with Crippen LogP contribution in [0.4, 0.5) is 0 Å². The van der Waals surface area contributed by atoms with Gasteiger partial charge in [0, 0.05) is 38.6 Å². The molecular weight excluding hydrogens is 258 g/mol. The summed E-state index contributed by atoms with van der Waals surface area (Å²) in [4.78, 5) is 25.7. The molecule has 0 unspecified atom stereocenters. The van der Waals surface area contributed by atoms with Gasteiger partial charge in [0.1, 0.15) is 0 Å². The molecule has 1 aliphatic heterocycles. The molecule has 1 saturated heterocycles. The maximum atomic E-state index is 10.8. The van der Waals surface area contributed by atoms with Gasteiger partial charge in [-0.2, -0.15) is 0 Å². The molecule has 0 spiro atoms. The highest BCUT2D eigenvalue weighted by Gasteiger charge is 2.10. The summed E-state index contributed by atoms with van der Waals surface area (Å²) in [6, 6.07) is 0.0799. The number of nitrogens with one attached hydrogen (secondary N) is 1. The molecule has 1 aliphatic rings. The van der Waals surface area contributed by atoms with Crippen LogP contribution < -0.4 is 5.32 Å². The third-order valence-electron chi connectivity index (χ3n) is 3.06. The van der Waals surface area contributed by atoms with Gasteiger partial charge in [-0.15, -0.1) is 0 Å². The lowest BCUT2D eigenvalue weighted by Gasteiger charge is -2.31. The van der Waals surface area contributed by atoms with Gasteiger partial charge in [-0.25, -0.2) is 0 Å². The topological polar surface area (TPSA) is 72.9 Å². The number of carboxylic acids is 1. The number of carbonyl (C=O) groups excluding carboxylic acids is 1. The molecular formula is C14H29N3O3. The number of carboxylic acid groups (broad SMARTS) is 1. The fraction of sp³-hybridized carbons (Fsp3) is 0.857. The Bertz CT molecular complexity index is 287. The predicted octanol–water partition coefficient (Wildman–Crippen LogP) is 0.630. The second-order valence-corrected chi connectivity index (χ2v) is 5.35. The number of nitrogens with zero attached hydrogens (tertiary/aromatic N) is 2. The molecule has 0 aromatic rings. The molecule has 1 fully saturated rings. The molecule has 20 heavy (non-hydrogen) atoms. The van der Waals surface area contributed by atoms with Crippen molar-refractivity contribution in [3.63, 3.8) is 0 Å². The van der Waals surface area contributed by atoms with Gasteiger partial charge in [-0.3, -0.25) is 9.59 Å². The molecule has 0 atom stereocenters. The summed E-state index contributed by atoms with van der Waals surface area (Å²) in [5, 5.41) is 10.8. The Morgan fingerprint density at radius 1 is 1.15 bits per heavy atom. The van der Waals surface area contributed by atoms with E-state index in [1.54, 1.807) is 0 Å². The number of rotatable bonds is 5. The number of amides is 1. The second kappa shape index (κ2) is 10.6. The molecule has 118 valence electrons. The molecule has 0 bridgehead atoms. The van der Waals surface area contributed by atoms with Crippen LogP contribution in [0.2, 0.25) is 0 Å². The number of aliphatic carboxylic acids is 1. The van der Waals surface area contributed by atoms with Crippen LogP contribution in [0.1, 0.15) is 33.6 Å². The minimum absolute atomic E-state index is 0.0630. The van der Waals surface area contributed by atoms with E-state index in [1.165, 1.54) is 32.7 Å². The van der Waals surface area contributed by atoms with Crippen molar-refractivity contribution < 1.29 is 14.7 Å². The van der Waals surface area contributed by atoms with E-state index in [9.17, 15) is 9.59 Å². The quantitative estimate of drug-likeness (QED) is 0.776. The van der Waals surface area contributed by atoms with E-state index in [0.717, 1.165) is 0 Å². The Hall–Kier alpha value is -1.14. The van der Waals surface area contributed by atoms with Gasteiger partial charge < -0.3 is 20.2 Å². The predicted molar refractivity (Wildman–Crippen MR) is 79.8 cm³/mol. The van der Waals surface area contributed by atoms with E-state index in [-0.39, 0.29) is 24.8 Å². The van der Waals surface area contributed by atoms with E-state index in [4.69, 9.17) is 5.11 Å². The standard InChI is InChI=1S/C7H16N2.C7H13NO3/c1-3-9-6-4-8(2)5-7-9;1-5(2)8-6(9)3-4-7(10)11/h3-7H2,1-2H3;5H,3-4H2,1-2H3,(H,8,9)(H,10,11). The first-order valence-electron chi connectivity index (χ1n) is 7.27. The summed E-state index contributed by atoms with van der Waals surface area (Å²) < 4.78 is 0. The fourth-order valence-corrected chi connectivity index (χ4v) is 1.78. The zero-order valence-electron chi connectivity index (χ0n) is 13.2. The summed E-state index contributed by atoms with van der Waals surface area (Å²) in [6.45, 7) is 12.1. The van der Waals surface area contributed by atoms with Crippen LogP contribution in [0.25, 0.3) is 0 Å². The zero-order valence-corrected chi connectivity index (χ0v) is 13.2. The van der Waals surface area contributed by atoms with Crippen LogP contribution in [0, 0.1) is 0 Å². The first-order chi connectivity index (χ1) is 9.35. The van der Waals surface area contributed by atoms with Gasteiger partial charge in [0.05, 0.1) is 6.42 Å². The van der Waals surface area contributed by atoms with Gasteiger partial charge in [-0.05, 0) is 27.4 Å². The number of hydrogen-bond acceptors (Lipinski definition) is 4. The van der Waals surface area contributed by atoms with Crippen molar-refractivity contribution in [1.82, 2.24) is 15.1 Å². The molecule has 6 heteroatoms. The largest absolute Gasteiger partial charge is 0.481 e. The Labute approximate surface area is 122 Å². The van der Waals surface area contributed by atoms with Crippen LogP contribution in [0.5, 0.6) is 0 Å². The molecule has 1 amide bonds. The monoisotopic (exact) mass is 287 g/mol. The molecule has 0 aromatic carbocycles. The van der Waals surface area contributed by atoms with Gasteiger partial charge in [0.15, 0.2) is 0 Å². The minimum atomic E-state index is -0.941. The highest BCUT2D eigenvalue weighted by Crippen LogP contribution is 1.96. The molecule has 0 aliphatic carbocycles. The first kappa shape index (κ1) is 18.9. The third-order valence-corrected chi connectivity index (χ3v) is 3.06. The number of carbonyl (C=O) groups is 2. The molecule has 0 radical (unpaired) electrons. The number of piperazine rings is 1. The highest BCUT2D eigenvalue weighted by molar-refractivity contribution is 5.80. The number of hydrogen-bond donors (Lipinski definition) is 2. The molecule has 0 aromatic heterocycles. The lowest BCUT2D eigenvalue weighted by molar-refractivity contribution is -0.138. The lowest BCUT2D eigenvalue weighted by atomic mass is 10.3. The first-order valence-corrected chi connectivity index (χ1v) is 7.27. The van der Waals surface area contributed by atoms with E-state index in [1.807, 2.05) is 13.8 Å². The Kier molecular flexibility index (Phi) is 10.0. The summed E-state index contributed by atoms with van der Waals surface area (Å²) >= 11 is 0. The van der Waals surface area contributed by atoms with E-state index in [0.29, 0.717) is 0 Å².